The van der Waals surface area contributed by atoms with Gasteiger partial charge in [0.2, 0.25) is 0 Å². The van der Waals surface area contributed by atoms with Crippen LogP contribution in [0.15, 0.2) is 0 Å². The van der Waals surface area contributed by atoms with E-state index in [4.69, 9.17) is 4.74 Å². The first-order valence-corrected chi connectivity index (χ1v) is 7.47. The van der Waals surface area contributed by atoms with Crippen molar-refractivity contribution in [2.24, 2.45) is 5.92 Å². The summed E-state index contributed by atoms with van der Waals surface area (Å²) < 4.78 is 5.49. The summed E-state index contributed by atoms with van der Waals surface area (Å²) in [6.45, 7) is 8.76. The standard InChI is InChI=1S/C14H29N3O/c1-12(9-14-11-18-8-5-15-14)16-10-13-3-6-17(2)7-4-13/h12-16H,3-11H2,1-2H3. The third-order valence-electron chi connectivity index (χ3n) is 4.23. The average Bonchev–Trinajstić information content (AvgIpc) is 2.39. The zero-order valence-corrected chi connectivity index (χ0v) is 12.0. The minimum atomic E-state index is 0.540. The summed E-state index contributed by atoms with van der Waals surface area (Å²) in [4.78, 5) is 2.43. The van der Waals surface area contributed by atoms with Crippen LogP contribution in [-0.2, 0) is 4.74 Å². The van der Waals surface area contributed by atoms with Gasteiger partial charge in [0.25, 0.3) is 0 Å². The lowest BCUT2D eigenvalue weighted by atomic mass is 9.96. The molecule has 2 saturated heterocycles. The minimum absolute atomic E-state index is 0.540. The highest BCUT2D eigenvalue weighted by Crippen LogP contribution is 2.15. The van der Waals surface area contributed by atoms with Gasteiger partial charge in [0.15, 0.2) is 0 Å². The van der Waals surface area contributed by atoms with Crippen molar-refractivity contribution in [1.82, 2.24) is 15.5 Å². The molecule has 2 aliphatic rings. The van der Waals surface area contributed by atoms with Crippen LogP contribution in [0, 0.1) is 5.92 Å². The van der Waals surface area contributed by atoms with Crippen molar-refractivity contribution < 1.29 is 4.74 Å². The fourth-order valence-corrected chi connectivity index (χ4v) is 2.92. The maximum absolute atomic E-state index is 5.49. The predicted molar refractivity (Wildman–Crippen MR) is 74.9 cm³/mol. The second kappa shape index (κ2) is 7.43. The van der Waals surface area contributed by atoms with Gasteiger partial charge in [-0.1, -0.05) is 0 Å². The van der Waals surface area contributed by atoms with Crippen LogP contribution in [-0.4, -0.2) is 63.4 Å². The van der Waals surface area contributed by atoms with Crippen LogP contribution in [0.5, 0.6) is 0 Å². The molecule has 2 unspecified atom stereocenters. The summed E-state index contributed by atoms with van der Waals surface area (Å²) in [5.74, 6) is 0.874. The number of nitrogens with zero attached hydrogens (tertiary/aromatic N) is 1. The number of morpholine rings is 1. The lowest BCUT2D eigenvalue weighted by molar-refractivity contribution is 0.0709. The number of ether oxygens (including phenoxy) is 1. The van der Waals surface area contributed by atoms with Crippen molar-refractivity contribution in [1.29, 1.82) is 0 Å². The third kappa shape index (κ3) is 4.84. The fourth-order valence-electron chi connectivity index (χ4n) is 2.92. The van der Waals surface area contributed by atoms with Crippen molar-refractivity contribution in [3.63, 3.8) is 0 Å². The number of hydrogen-bond acceptors (Lipinski definition) is 4. The molecule has 0 amide bonds. The predicted octanol–water partition coefficient (Wildman–Crippen LogP) is 0.685. The Morgan fingerprint density at radius 3 is 2.83 bits per heavy atom. The molecule has 0 spiro atoms. The van der Waals surface area contributed by atoms with Crippen LogP contribution in [0.25, 0.3) is 0 Å². The number of piperidine rings is 1. The molecule has 2 aliphatic heterocycles. The monoisotopic (exact) mass is 255 g/mol. The highest BCUT2D eigenvalue weighted by molar-refractivity contribution is 4.78. The first-order valence-electron chi connectivity index (χ1n) is 7.47. The largest absolute Gasteiger partial charge is 0.379 e. The van der Waals surface area contributed by atoms with Gasteiger partial charge < -0.3 is 20.3 Å². The Hall–Kier alpha value is -0.160. The normalized spacial score (nSPS) is 29.3. The SMILES string of the molecule is CC(CC1COCCN1)NCC1CCN(C)CC1. The van der Waals surface area contributed by atoms with Crippen molar-refractivity contribution in [2.75, 3.05) is 46.4 Å². The van der Waals surface area contributed by atoms with Crippen LogP contribution < -0.4 is 10.6 Å². The van der Waals surface area contributed by atoms with Crippen molar-refractivity contribution >= 4 is 0 Å². The molecule has 2 N–H and O–H groups in total. The van der Waals surface area contributed by atoms with E-state index in [1.807, 2.05) is 0 Å². The summed E-state index contributed by atoms with van der Waals surface area (Å²) in [5, 5.41) is 7.22. The molecule has 4 nitrogen and oxygen atoms in total. The maximum Gasteiger partial charge on any atom is 0.0620 e. The molecule has 2 fully saturated rings. The van der Waals surface area contributed by atoms with E-state index in [-0.39, 0.29) is 0 Å². The number of likely N-dealkylation sites (tertiary alicyclic amines) is 1. The Morgan fingerprint density at radius 1 is 1.39 bits per heavy atom. The molecule has 2 heterocycles. The lowest BCUT2D eigenvalue weighted by Crippen LogP contribution is -2.46. The van der Waals surface area contributed by atoms with Gasteiger partial charge in [-0.25, -0.2) is 0 Å². The molecular weight excluding hydrogens is 226 g/mol. The lowest BCUT2D eigenvalue weighted by Gasteiger charge is -2.31. The zero-order chi connectivity index (χ0) is 12.8. The summed E-state index contributed by atoms with van der Waals surface area (Å²) >= 11 is 0. The van der Waals surface area contributed by atoms with Gasteiger partial charge in [-0.3, -0.25) is 0 Å². The molecule has 0 aromatic heterocycles. The second-order valence-corrected chi connectivity index (χ2v) is 6.02. The van der Waals surface area contributed by atoms with E-state index in [1.54, 1.807) is 0 Å². The van der Waals surface area contributed by atoms with Crippen molar-refractivity contribution in [2.45, 2.75) is 38.3 Å². The topological polar surface area (TPSA) is 36.5 Å². The quantitative estimate of drug-likeness (QED) is 0.758. The molecular formula is C14H29N3O. The zero-order valence-electron chi connectivity index (χ0n) is 12.0. The summed E-state index contributed by atoms with van der Waals surface area (Å²) in [5.41, 5.74) is 0. The van der Waals surface area contributed by atoms with E-state index in [9.17, 15) is 0 Å². The van der Waals surface area contributed by atoms with Gasteiger partial charge in [-0.2, -0.15) is 0 Å². The van der Waals surface area contributed by atoms with Crippen LogP contribution in [0.1, 0.15) is 26.2 Å². The first-order chi connectivity index (χ1) is 8.74. The molecule has 0 aliphatic carbocycles. The first kappa shape index (κ1) is 14.3. The highest BCUT2D eigenvalue weighted by atomic mass is 16.5. The van der Waals surface area contributed by atoms with E-state index in [0.717, 1.165) is 25.7 Å². The van der Waals surface area contributed by atoms with E-state index >= 15 is 0 Å². The second-order valence-electron chi connectivity index (χ2n) is 6.02. The average molecular weight is 255 g/mol. The molecule has 4 heteroatoms. The molecule has 2 rings (SSSR count). The minimum Gasteiger partial charge on any atom is -0.379 e. The summed E-state index contributed by atoms with van der Waals surface area (Å²) in [7, 11) is 2.22. The van der Waals surface area contributed by atoms with Crippen molar-refractivity contribution in [3.8, 4) is 0 Å². The Labute approximate surface area is 111 Å². The van der Waals surface area contributed by atoms with E-state index in [2.05, 4.69) is 29.5 Å². The molecule has 18 heavy (non-hydrogen) atoms. The molecule has 2 atom stereocenters. The van der Waals surface area contributed by atoms with E-state index < -0.39 is 0 Å². The molecule has 0 aromatic rings. The van der Waals surface area contributed by atoms with Crippen molar-refractivity contribution in [3.05, 3.63) is 0 Å². The van der Waals surface area contributed by atoms with Gasteiger partial charge in [-0.05, 0) is 58.8 Å². The number of nitrogens with one attached hydrogen (secondary N) is 2. The van der Waals surface area contributed by atoms with Gasteiger partial charge in [0.1, 0.15) is 0 Å². The van der Waals surface area contributed by atoms with Crippen LogP contribution in [0.4, 0.5) is 0 Å². The van der Waals surface area contributed by atoms with Crippen LogP contribution in [0.2, 0.25) is 0 Å². The van der Waals surface area contributed by atoms with Crippen LogP contribution in [0.3, 0.4) is 0 Å². The summed E-state index contributed by atoms with van der Waals surface area (Å²) in [6.07, 6.45) is 3.87. The van der Waals surface area contributed by atoms with Crippen LogP contribution >= 0.6 is 0 Å². The maximum atomic E-state index is 5.49. The summed E-state index contributed by atoms with van der Waals surface area (Å²) in [6, 6.07) is 1.13. The van der Waals surface area contributed by atoms with Gasteiger partial charge >= 0.3 is 0 Å². The Bertz CT molecular complexity index is 223. The van der Waals surface area contributed by atoms with E-state index in [0.29, 0.717) is 12.1 Å². The smallest absolute Gasteiger partial charge is 0.0620 e. The highest BCUT2D eigenvalue weighted by Gasteiger charge is 2.19. The third-order valence-corrected chi connectivity index (χ3v) is 4.23. The Kier molecular flexibility index (Phi) is 5.89. The molecule has 0 aromatic carbocycles. The number of rotatable bonds is 5. The Balaban J connectivity index is 1.57. The molecule has 106 valence electrons. The number of hydrogen-bond donors (Lipinski definition) is 2. The molecule has 0 saturated carbocycles. The Morgan fingerprint density at radius 2 is 2.17 bits per heavy atom. The van der Waals surface area contributed by atoms with Gasteiger partial charge in [0.05, 0.1) is 13.2 Å². The molecule has 0 radical (unpaired) electrons. The van der Waals surface area contributed by atoms with E-state index in [1.165, 1.54) is 38.9 Å². The molecule has 0 bridgehead atoms. The fraction of sp³-hybridized carbons (Fsp3) is 1.00. The van der Waals surface area contributed by atoms with Gasteiger partial charge in [-0.15, -0.1) is 0 Å². The van der Waals surface area contributed by atoms with Gasteiger partial charge in [0, 0.05) is 18.6 Å².